The molecule has 0 radical (unpaired) electrons. The summed E-state index contributed by atoms with van der Waals surface area (Å²) in [6.45, 7) is 6.55. The second-order valence-electron chi connectivity index (χ2n) is 6.04. The highest BCUT2D eigenvalue weighted by Gasteiger charge is 2.15. The zero-order chi connectivity index (χ0) is 17.4. The van der Waals surface area contributed by atoms with Crippen LogP contribution in [0.1, 0.15) is 42.7 Å². The van der Waals surface area contributed by atoms with Crippen molar-refractivity contribution in [2.75, 3.05) is 25.0 Å². The maximum Gasteiger partial charge on any atom is 0.272 e. The monoisotopic (exact) mass is 325 g/mol. The van der Waals surface area contributed by atoms with Gasteiger partial charge in [-0.15, -0.1) is 0 Å². The van der Waals surface area contributed by atoms with Crippen molar-refractivity contribution >= 4 is 11.6 Å². The largest absolute Gasteiger partial charge is 0.369 e. The van der Waals surface area contributed by atoms with Gasteiger partial charge in [0.2, 0.25) is 0 Å². The molecule has 0 fully saturated rings. The van der Waals surface area contributed by atoms with Crippen molar-refractivity contribution < 1.29 is 4.79 Å². The van der Waals surface area contributed by atoms with Gasteiger partial charge in [0, 0.05) is 26.7 Å². The van der Waals surface area contributed by atoms with E-state index in [9.17, 15) is 4.79 Å². The van der Waals surface area contributed by atoms with Crippen LogP contribution in [0.25, 0.3) is 0 Å². The zero-order valence-electron chi connectivity index (χ0n) is 14.9. The molecule has 0 unspecified atom stereocenters. The van der Waals surface area contributed by atoms with E-state index < -0.39 is 0 Å². The molecule has 0 aliphatic heterocycles. The normalized spacial score (nSPS) is 10.5. The van der Waals surface area contributed by atoms with Gasteiger partial charge < -0.3 is 9.80 Å². The van der Waals surface area contributed by atoms with Crippen molar-refractivity contribution in [1.82, 2.24) is 9.88 Å². The lowest BCUT2D eigenvalue weighted by atomic mass is 10.2. The van der Waals surface area contributed by atoms with Crippen LogP contribution in [0.5, 0.6) is 0 Å². The Morgan fingerprint density at radius 3 is 2.21 bits per heavy atom. The molecule has 1 amide bonds. The number of amides is 1. The van der Waals surface area contributed by atoms with Gasteiger partial charge in [-0.3, -0.25) is 4.79 Å². The Morgan fingerprint density at radius 1 is 1.00 bits per heavy atom. The second-order valence-corrected chi connectivity index (χ2v) is 6.04. The molecule has 128 valence electrons. The van der Waals surface area contributed by atoms with Crippen LogP contribution in [0.3, 0.4) is 0 Å². The molecule has 0 aliphatic rings. The summed E-state index contributed by atoms with van der Waals surface area (Å²) in [5, 5.41) is 0. The molecule has 0 N–H and O–H groups in total. The third-order valence-corrected chi connectivity index (χ3v) is 3.94. The van der Waals surface area contributed by atoms with Crippen molar-refractivity contribution in [3.63, 3.8) is 0 Å². The van der Waals surface area contributed by atoms with E-state index in [1.165, 1.54) is 5.56 Å². The molecule has 0 saturated heterocycles. The summed E-state index contributed by atoms with van der Waals surface area (Å²) in [4.78, 5) is 21.0. The van der Waals surface area contributed by atoms with E-state index in [-0.39, 0.29) is 5.91 Å². The van der Waals surface area contributed by atoms with Crippen LogP contribution in [0, 0.1) is 0 Å². The lowest BCUT2D eigenvalue weighted by Gasteiger charge is -2.22. The predicted molar refractivity (Wildman–Crippen MR) is 99.3 cm³/mol. The van der Waals surface area contributed by atoms with Gasteiger partial charge in [-0.1, -0.05) is 44.2 Å². The average Bonchev–Trinajstić information content (AvgIpc) is 2.62. The first-order valence-electron chi connectivity index (χ1n) is 8.66. The van der Waals surface area contributed by atoms with Crippen molar-refractivity contribution in [3.05, 3.63) is 59.9 Å². The Kier molecular flexibility index (Phi) is 6.79. The number of benzene rings is 1. The predicted octanol–water partition coefficient (Wildman–Crippen LogP) is 3.98. The Hall–Kier alpha value is -2.36. The summed E-state index contributed by atoms with van der Waals surface area (Å²) >= 11 is 0. The van der Waals surface area contributed by atoms with E-state index in [0.717, 1.165) is 38.2 Å². The molecule has 0 bridgehead atoms. The minimum absolute atomic E-state index is 0.0240. The van der Waals surface area contributed by atoms with E-state index in [4.69, 9.17) is 0 Å². The van der Waals surface area contributed by atoms with Crippen LogP contribution >= 0.6 is 0 Å². The van der Waals surface area contributed by atoms with E-state index in [0.29, 0.717) is 5.69 Å². The number of nitrogens with zero attached hydrogens (tertiary/aromatic N) is 3. The standard InChI is InChI=1S/C20H27N3O/c1-4-13-23(14-5-2)20(24)19-12-11-18(15-21-19)22(3)16-17-9-7-6-8-10-17/h6-12,15H,4-5,13-14,16H2,1-3H3. The number of carbonyl (C=O) groups excluding carboxylic acids is 1. The highest BCUT2D eigenvalue weighted by molar-refractivity contribution is 5.92. The highest BCUT2D eigenvalue weighted by Crippen LogP contribution is 2.15. The fraction of sp³-hybridized carbons (Fsp3) is 0.400. The molecular weight excluding hydrogens is 298 g/mol. The molecule has 4 nitrogen and oxygen atoms in total. The van der Waals surface area contributed by atoms with Crippen LogP contribution in [0.15, 0.2) is 48.7 Å². The first-order chi connectivity index (χ1) is 11.7. The molecule has 0 atom stereocenters. The van der Waals surface area contributed by atoms with Crippen molar-refractivity contribution in [2.45, 2.75) is 33.2 Å². The topological polar surface area (TPSA) is 36.4 Å². The first-order valence-corrected chi connectivity index (χ1v) is 8.66. The molecular formula is C20H27N3O. The summed E-state index contributed by atoms with van der Waals surface area (Å²) in [6.07, 6.45) is 3.71. The smallest absolute Gasteiger partial charge is 0.272 e. The third-order valence-electron chi connectivity index (χ3n) is 3.94. The summed E-state index contributed by atoms with van der Waals surface area (Å²) in [5.74, 6) is 0.0240. The highest BCUT2D eigenvalue weighted by atomic mass is 16.2. The zero-order valence-corrected chi connectivity index (χ0v) is 14.9. The fourth-order valence-corrected chi connectivity index (χ4v) is 2.70. The molecule has 0 spiro atoms. The number of anilines is 1. The van der Waals surface area contributed by atoms with Crippen molar-refractivity contribution in [3.8, 4) is 0 Å². The Labute approximate surface area is 145 Å². The summed E-state index contributed by atoms with van der Waals surface area (Å²) < 4.78 is 0. The maximum absolute atomic E-state index is 12.5. The van der Waals surface area contributed by atoms with Gasteiger partial charge in [0.25, 0.3) is 5.91 Å². The van der Waals surface area contributed by atoms with Crippen LogP contribution in [0.2, 0.25) is 0 Å². The lowest BCUT2D eigenvalue weighted by Crippen LogP contribution is -2.33. The van der Waals surface area contributed by atoms with Crippen LogP contribution in [-0.4, -0.2) is 35.9 Å². The molecule has 2 rings (SSSR count). The van der Waals surface area contributed by atoms with Gasteiger partial charge in [-0.2, -0.15) is 0 Å². The molecule has 0 saturated carbocycles. The van der Waals surface area contributed by atoms with E-state index >= 15 is 0 Å². The number of hydrogen-bond acceptors (Lipinski definition) is 3. The molecule has 0 aliphatic carbocycles. The Balaban J connectivity index is 2.05. The summed E-state index contributed by atoms with van der Waals surface area (Å²) in [6, 6.07) is 14.1. The Morgan fingerprint density at radius 2 is 1.67 bits per heavy atom. The molecule has 24 heavy (non-hydrogen) atoms. The van der Waals surface area contributed by atoms with Crippen LogP contribution < -0.4 is 4.90 Å². The molecule has 2 aromatic rings. The third kappa shape index (κ3) is 4.82. The number of carbonyl (C=O) groups is 1. The minimum atomic E-state index is 0.0240. The van der Waals surface area contributed by atoms with E-state index in [1.54, 1.807) is 6.20 Å². The average molecular weight is 325 g/mol. The number of pyridine rings is 1. The minimum Gasteiger partial charge on any atom is -0.369 e. The van der Waals surface area contributed by atoms with Crippen molar-refractivity contribution in [2.24, 2.45) is 0 Å². The second kappa shape index (κ2) is 9.06. The molecule has 1 aromatic heterocycles. The van der Waals surface area contributed by atoms with E-state index in [2.05, 4.69) is 35.9 Å². The van der Waals surface area contributed by atoms with Gasteiger partial charge in [0.05, 0.1) is 11.9 Å². The fourth-order valence-electron chi connectivity index (χ4n) is 2.70. The maximum atomic E-state index is 12.5. The summed E-state index contributed by atoms with van der Waals surface area (Å²) in [7, 11) is 2.03. The van der Waals surface area contributed by atoms with Crippen LogP contribution in [-0.2, 0) is 6.54 Å². The lowest BCUT2D eigenvalue weighted by molar-refractivity contribution is 0.0749. The quantitative estimate of drug-likeness (QED) is 0.736. The molecule has 1 aromatic carbocycles. The number of hydrogen-bond donors (Lipinski definition) is 0. The molecule has 4 heteroatoms. The van der Waals surface area contributed by atoms with Gasteiger partial charge in [0.1, 0.15) is 5.69 Å². The van der Waals surface area contributed by atoms with Gasteiger partial charge in [-0.05, 0) is 30.5 Å². The van der Waals surface area contributed by atoms with Crippen molar-refractivity contribution in [1.29, 1.82) is 0 Å². The number of rotatable bonds is 8. The van der Waals surface area contributed by atoms with Gasteiger partial charge >= 0.3 is 0 Å². The molecule has 1 heterocycles. The number of aromatic nitrogens is 1. The Bertz CT molecular complexity index is 619. The van der Waals surface area contributed by atoms with Gasteiger partial charge in [0.15, 0.2) is 0 Å². The first kappa shape index (κ1) is 18.0. The summed E-state index contributed by atoms with van der Waals surface area (Å²) in [5.41, 5.74) is 2.78. The van der Waals surface area contributed by atoms with E-state index in [1.807, 2.05) is 42.3 Å². The van der Waals surface area contributed by atoms with Gasteiger partial charge in [-0.25, -0.2) is 4.98 Å². The van der Waals surface area contributed by atoms with Crippen LogP contribution in [0.4, 0.5) is 5.69 Å². The SMILES string of the molecule is CCCN(CCC)C(=O)c1ccc(N(C)Cc2ccccc2)cn1.